The summed E-state index contributed by atoms with van der Waals surface area (Å²) in [5, 5.41) is 11.4. The molecule has 0 aliphatic rings. The first-order valence-corrected chi connectivity index (χ1v) is 11.2. The van der Waals surface area contributed by atoms with Gasteiger partial charge in [0.25, 0.3) is 5.56 Å². The summed E-state index contributed by atoms with van der Waals surface area (Å²) >= 11 is 0. The van der Waals surface area contributed by atoms with Crippen molar-refractivity contribution in [2.24, 2.45) is 0 Å². The number of aromatic amines is 2. The quantitative estimate of drug-likeness (QED) is 0.348. The van der Waals surface area contributed by atoms with Crippen molar-refractivity contribution >= 4 is 33.3 Å². The monoisotopic (exact) mass is 453 g/mol. The molecule has 5 aromatic rings. The van der Waals surface area contributed by atoms with Crippen molar-refractivity contribution in [3.63, 3.8) is 0 Å². The molecule has 0 saturated carbocycles. The first-order valence-electron chi connectivity index (χ1n) is 11.2. The lowest BCUT2D eigenvalue weighted by Gasteiger charge is -2.26. The number of hydrogen-bond donors (Lipinski definition) is 3. The van der Waals surface area contributed by atoms with Gasteiger partial charge in [-0.15, -0.1) is 0 Å². The predicted molar refractivity (Wildman–Crippen MR) is 139 cm³/mol. The molecule has 0 unspecified atom stereocenters. The third kappa shape index (κ3) is 3.85. The summed E-state index contributed by atoms with van der Waals surface area (Å²) in [6.45, 7) is 3.83. The number of aromatic hydroxyl groups is 1. The molecule has 0 saturated heterocycles. The van der Waals surface area contributed by atoms with Crippen molar-refractivity contribution < 1.29 is 5.11 Å². The minimum atomic E-state index is -0.383. The number of benzene rings is 3. The van der Waals surface area contributed by atoms with Gasteiger partial charge in [-0.1, -0.05) is 30.3 Å². The molecule has 0 bridgehead atoms. The second kappa shape index (κ2) is 8.59. The Morgan fingerprint density at radius 1 is 0.882 bits per heavy atom. The summed E-state index contributed by atoms with van der Waals surface area (Å²) in [5.74, 6) is 0.272. The molecule has 0 aliphatic carbocycles. The highest BCUT2D eigenvalue weighted by atomic mass is 16.3. The van der Waals surface area contributed by atoms with E-state index in [0.717, 1.165) is 29.8 Å². The number of likely N-dealkylation sites (N-methyl/N-ethyl adjacent to an activating group) is 2. The minimum Gasteiger partial charge on any atom is -0.506 e. The lowest BCUT2D eigenvalue weighted by Crippen LogP contribution is -2.31. The minimum absolute atomic E-state index is 0.0741. The first-order chi connectivity index (χ1) is 16.4. The van der Waals surface area contributed by atoms with Gasteiger partial charge in [-0.3, -0.25) is 4.79 Å². The van der Waals surface area contributed by atoms with Crippen LogP contribution in [0.5, 0.6) is 5.75 Å². The molecule has 5 rings (SSSR count). The summed E-state index contributed by atoms with van der Waals surface area (Å²) in [4.78, 5) is 27.8. The number of nitrogens with one attached hydrogen (secondary N) is 2. The lowest BCUT2D eigenvalue weighted by atomic mass is 10.1. The number of fused-ring (bicyclic) bond motifs is 2. The van der Waals surface area contributed by atoms with Gasteiger partial charge in [0.1, 0.15) is 17.1 Å². The SMILES string of the molecule is Cc1ccccc1N(C)CCN(C)c1ccc2nc(-c3c(O)c4ccccc4[nH]c3=O)[nH]c2c1. The highest BCUT2D eigenvalue weighted by molar-refractivity contribution is 5.92. The summed E-state index contributed by atoms with van der Waals surface area (Å²) in [5.41, 5.74) is 5.41. The Bertz CT molecular complexity index is 1550. The third-order valence-corrected chi connectivity index (χ3v) is 6.33. The second-order valence-electron chi connectivity index (χ2n) is 8.64. The van der Waals surface area contributed by atoms with Crippen LogP contribution in [0.25, 0.3) is 33.3 Å². The van der Waals surface area contributed by atoms with E-state index in [0.29, 0.717) is 16.7 Å². The van der Waals surface area contributed by atoms with Crippen LogP contribution in [0.4, 0.5) is 11.4 Å². The number of aryl methyl sites for hydroxylation is 1. The van der Waals surface area contributed by atoms with E-state index in [1.807, 2.05) is 30.3 Å². The number of aromatic nitrogens is 3. The average molecular weight is 454 g/mol. The Morgan fingerprint density at radius 2 is 1.62 bits per heavy atom. The van der Waals surface area contributed by atoms with Crippen LogP contribution >= 0.6 is 0 Å². The van der Waals surface area contributed by atoms with Crippen molar-refractivity contribution in [1.82, 2.24) is 15.0 Å². The second-order valence-corrected chi connectivity index (χ2v) is 8.64. The smallest absolute Gasteiger partial charge is 0.263 e. The molecule has 7 nitrogen and oxygen atoms in total. The van der Waals surface area contributed by atoms with Crippen LogP contribution in [0, 0.1) is 6.92 Å². The van der Waals surface area contributed by atoms with E-state index in [9.17, 15) is 9.90 Å². The van der Waals surface area contributed by atoms with Crippen molar-refractivity contribution in [2.45, 2.75) is 6.92 Å². The van der Waals surface area contributed by atoms with E-state index in [2.05, 4.69) is 70.0 Å². The van der Waals surface area contributed by atoms with Gasteiger partial charge in [0, 0.05) is 43.9 Å². The standard InChI is InChI=1S/C27H27N5O2/c1-17-8-4-7-11-23(17)32(3)15-14-31(2)18-12-13-21-22(16-18)29-26(28-21)24-25(33)19-9-5-6-10-20(19)30-27(24)34/h4-13,16H,14-15H2,1-3H3,(H,28,29)(H2,30,33,34). The van der Waals surface area contributed by atoms with Crippen LogP contribution in [0.15, 0.2) is 71.5 Å². The molecule has 3 aromatic carbocycles. The van der Waals surface area contributed by atoms with Gasteiger partial charge in [-0.05, 0) is 48.9 Å². The van der Waals surface area contributed by atoms with Crippen molar-refractivity contribution in [1.29, 1.82) is 0 Å². The number of hydrogen-bond acceptors (Lipinski definition) is 5. The fourth-order valence-corrected chi connectivity index (χ4v) is 4.34. The van der Waals surface area contributed by atoms with Gasteiger partial charge in [0.2, 0.25) is 0 Å². The van der Waals surface area contributed by atoms with Crippen molar-refractivity contribution in [2.75, 3.05) is 37.0 Å². The zero-order valence-corrected chi connectivity index (χ0v) is 19.5. The number of para-hydroxylation sites is 2. The molecule has 2 aromatic heterocycles. The molecule has 0 amide bonds. The first kappa shape index (κ1) is 21.6. The number of nitrogens with zero attached hydrogens (tertiary/aromatic N) is 3. The fourth-order valence-electron chi connectivity index (χ4n) is 4.34. The van der Waals surface area contributed by atoms with Gasteiger partial charge in [-0.2, -0.15) is 0 Å². The van der Waals surface area contributed by atoms with Crippen LogP contribution in [-0.2, 0) is 0 Å². The van der Waals surface area contributed by atoms with E-state index < -0.39 is 0 Å². The number of pyridine rings is 1. The normalized spacial score (nSPS) is 11.3. The molecule has 34 heavy (non-hydrogen) atoms. The number of anilines is 2. The van der Waals surface area contributed by atoms with Crippen LogP contribution in [-0.4, -0.2) is 47.2 Å². The maximum absolute atomic E-state index is 12.7. The zero-order valence-electron chi connectivity index (χ0n) is 19.5. The number of rotatable bonds is 6. The zero-order chi connectivity index (χ0) is 23.8. The molecule has 0 spiro atoms. The predicted octanol–water partition coefficient (Wildman–Crippen LogP) is 4.66. The molecule has 0 atom stereocenters. The molecule has 172 valence electrons. The van der Waals surface area contributed by atoms with E-state index >= 15 is 0 Å². The molecule has 7 heteroatoms. The van der Waals surface area contributed by atoms with Crippen LogP contribution < -0.4 is 15.4 Å². The Morgan fingerprint density at radius 3 is 2.44 bits per heavy atom. The van der Waals surface area contributed by atoms with Gasteiger partial charge in [0.05, 0.1) is 16.6 Å². The van der Waals surface area contributed by atoms with Gasteiger partial charge >= 0.3 is 0 Å². The van der Waals surface area contributed by atoms with Crippen molar-refractivity contribution in [3.8, 4) is 17.1 Å². The number of imidazole rings is 1. The van der Waals surface area contributed by atoms with E-state index in [1.165, 1.54) is 11.3 Å². The van der Waals surface area contributed by atoms with E-state index in [1.54, 1.807) is 12.1 Å². The molecule has 2 heterocycles. The lowest BCUT2D eigenvalue weighted by molar-refractivity contribution is 0.482. The summed E-state index contributed by atoms with van der Waals surface area (Å²) < 4.78 is 0. The highest BCUT2D eigenvalue weighted by Crippen LogP contribution is 2.32. The Balaban J connectivity index is 1.41. The van der Waals surface area contributed by atoms with Crippen LogP contribution in [0.2, 0.25) is 0 Å². The van der Waals surface area contributed by atoms with Crippen molar-refractivity contribution in [3.05, 3.63) is 82.6 Å². The van der Waals surface area contributed by atoms with Gasteiger partial charge in [0.15, 0.2) is 0 Å². The Kier molecular flexibility index (Phi) is 5.45. The molecule has 0 aliphatic heterocycles. The van der Waals surface area contributed by atoms with E-state index in [4.69, 9.17) is 0 Å². The molecule has 0 radical (unpaired) electrons. The summed E-state index contributed by atoms with van der Waals surface area (Å²) in [6.07, 6.45) is 0. The molecular formula is C27H27N5O2. The Hall–Kier alpha value is -4.26. The molecular weight excluding hydrogens is 426 g/mol. The summed E-state index contributed by atoms with van der Waals surface area (Å²) in [7, 11) is 4.16. The Labute approximate surface area is 197 Å². The largest absolute Gasteiger partial charge is 0.506 e. The summed E-state index contributed by atoms with van der Waals surface area (Å²) in [6, 6.07) is 21.5. The number of H-pyrrole nitrogens is 2. The molecule has 0 fully saturated rings. The third-order valence-electron chi connectivity index (χ3n) is 6.33. The topological polar surface area (TPSA) is 88.2 Å². The maximum Gasteiger partial charge on any atom is 0.263 e. The molecule has 3 N–H and O–H groups in total. The van der Waals surface area contributed by atoms with E-state index in [-0.39, 0.29) is 16.9 Å². The van der Waals surface area contributed by atoms with Crippen LogP contribution in [0.1, 0.15) is 5.56 Å². The maximum atomic E-state index is 12.7. The van der Waals surface area contributed by atoms with Gasteiger partial charge in [-0.25, -0.2) is 4.98 Å². The van der Waals surface area contributed by atoms with Crippen LogP contribution in [0.3, 0.4) is 0 Å². The fraction of sp³-hybridized carbons (Fsp3) is 0.185. The average Bonchev–Trinajstić information content (AvgIpc) is 3.25. The van der Waals surface area contributed by atoms with Gasteiger partial charge < -0.3 is 24.9 Å². The highest BCUT2D eigenvalue weighted by Gasteiger charge is 2.17.